The normalized spacial score (nSPS) is 14.8. The Bertz CT molecular complexity index is 956. The largest absolute Gasteiger partial charge is 0.496 e. The Kier molecular flexibility index (Phi) is 5.53. The molecule has 1 heterocycles. The zero-order valence-electron chi connectivity index (χ0n) is 15.8. The number of hydrogen-bond donors (Lipinski definition) is 0. The maximum Gasteiger partial charge on any atom is 0.243 e. The predicted octanol–water partition coefficient (Wildman–Crippen LogP) is 2.95. The van der Waals surface area contributed by atoms with E-state index in [-0.39, 0.29) is 17.3 Å². The molecule has 27 heavy (non-hydrogen) atoms. The van der Waals surface area contributed by atoms with Crippen LogP contribution in [0, 0.1) is 6.92 Å². The molecule has 0 atom stereocenters. The van der Waals surface area contributed by atoms with Gasteiger partial charge < -0.3 is 9.64 Å². The predicted molar refractivity (Wildman–Crippen MR) is 104 cm³/mol. The molecule has 0 aliphatic carbocycles. The van der Waals surface area contributed by atoms with Gasteiger partial charge >= 0.3 is 0 Å². The van der Waals surface area contributed by atoms with E-state index < -0.39 is 10.0 Å². The number of hydrogen-bond acceptors (Lipinski definition) is 4. The van der Waals surface area contributed by atoms with E-state index in [1.807, 2.05) is 31.2 Å². The van der Waals surface area contributed by atoms with E-state index in [1.54, 1.807) is 37.3 Å². The topological polar surface area (TPSA) is 66.9 Å². The first-order valence-electron chi connectivity index (χ1n) is 8.84. The molecule has 2 aromatic rings. The van der Waals surface area contributed by atoms with Crippen LogP contribution in [0.1, 0.15) is 24.0 Å². The van der Waals surface area contributed by atoms with Gasteiger partial charge in [0, 0.05) is 37.8 Å². The van der Waals surface area contributed by atoms with E-state index in [1.165, 1.54) is 4.31 Å². The lowest BCUT2D eigenvalue weighted by atomic mass is 10.2. The van der Waals surface area contributed by atoms with Crippen LogP contribution in [0.2, 0.25) is 0 Å². The fraction of sp³-hybridized carbons (Fsp3) is 0.350. The zero-order chi connectivity index (χ0) is 19.6. The second-order valence-corrected chi connectivity index (χ2v) is 8.72. The number of para-hydroxylation sites is 1. The van der Waals surface area contributed by atoms with Crippen molar-refractivity contribution in [3.63, 3.8) is 0 Å². The van der Waals surface area contributed by atoms with Crippen LogP contribution >= 0.6 is 0 Å². The van der Waals surface area contributed by atoms with Crippen molar-refractivity contribution < 1.29 is 17.9 Å². The van der Waals surface area contributed by atoms with E-state index in [0.717, 1.165) is 23.2 Å². The molecule has 144 valence electrons. The van der Waals surface area contributed by atoms with E-state index in [4.69, 9.17) is 4.74 Å². The molecule has 1 amide bonds. The van der Waals surface area contributed by atoms with Gasteiger partial charge in [0.05, 0.1) is 12.0 Å². The second kappa shape index (κ2) is 7.70. The molecule has 0 aromatic heterocycles. The van der Waals surface area contributed by atoms with Gasteiger partial charge in [-0.15, -0.1) is 0 Å². The Morgan fingerprint density at radius 2 is 1.93 bits per heavy atom. The number of benzene rings is 2. The summed E-state index contributed by atoms with van der Waals surface area (Å²) in [4.78, 5) is 13.9. The maximum atomic E-state index is 13.0. The van der Waals surface area contributed by atoms with Gasteiger partial charge in [0.25, 0.3) is 0 Å². The number of rotatable bonds is 6. The van der Waals surface area contributed by atoms with Crippen LogP contribution in [0.3, 0.4) is 0 Å². The van der Waals surface area contributed by atoms with Crippen LogP contribution in [-0.2, 0) is 21.4 Å². The Morgan fingerprint density at radius 1 is 1.19 bits per heavy atom. The van der Waals surface area contributed by atoms with Crippen molar-refractivity contribution in [1.82, 2.24) is 4.31 Å². The van der Waals surface area contributed by atoms with Crippen molar-refractivity contribution in [3.05, 3.63) is 53.6 Å². The number of sulfonamides is 1. The van der Waals surface area contributed by atoms with Gasteiger partial charge in [0.15, 0.2) is 0 Å². The van der Waals surface area contributed by atoms with Crippen molar-refractivity contribution in [2.24, 2.45) is 0 Å². The van der Waals surface area contributed by atoms with Crippen molar-refractivity contribution in [1.29, 1.82) is 0 Å². The molecule has 7 heteroatoms. The molecule has 1 fully saturated rings. The lowest BCUT2D eigenvalue weighted by Crippen LogP contribution is -2.27. The van der Waals surface area contributed by atoms with Crippen LogP contribution in [-0.4, -0.2) is 39.3 Å². The standard InChI is InChI=1S/C20H24N2O4S/c1-15-13-17(10-11-18(15)22-12-6-9-20(22)23)27(24,25)21(2)14-16-7-4-5-8-19(16)26-3/h4-5,7-8,10-11,13H,6,9,12,14H2,1-3H3. The van der Waals surface area contributed by atoms with E-state index in [2.05, 4.69) is 0 Å². The SMILES string of the molecule is COc1ccccc1CN(C)S(=O)(=O)c1ccc(N2CCCC2=O)c(C)c1. The molecule has 1 aliphatic heterocycles. The summed E-state index contributed by atoms with van der Waals surface area (Å²) in [6.07, 6.45) is 1.38. The molecule has 0 radical (unpaired) electrons. The number of nitrogens with zero attached hydrogens (tertiary/aromatic N) is 2. The summed E-state index contributed by atoms with van der Waals surface area (Å²) in [7, 11) is -0.549. The number of amides is 1. The minimum absolute atomic E-state index is 0.0852. The van der Waals surface area contributed by atoms with Crippen LogP contribution in [0.5, 0.6) is 5.75 Å². The molecular formula is C20H24N2O4S. The Balaban J connectivity index is 1.86. The van der Waals surface area contributed by atoms with Gasteiger partial charge in [-0.2, -0.15) is 4.31 Å². The quantitative estimate of drug-likeness (QED) is 0.763. The number of carbonyl (C=O) groups is 1. The van der Waals surface area contributed by atoms with Gasteiger partial charge in [0.2, 0.25) is 15.9 Å². The molecule has 0 saturated carbocycles. The first-order valence-corrected chi connectivity index (χ1v) is 10.3. The van der Waals surface area contributed by atoms with E-state index in [9.17, 15) is 13.2 Å². The zero-order valence-corrected chi connectivity index (χ0v) is 16.6. The van der Waals surface area contributed by atoms with Gasteiger partial charge in [-0.1, -0.05) is 18.2 Å². The highest BCUT2D eigenvalue weighted by Crippen LogP contribution is 2.29. The van der Waals surface area contributed by atoms with Crippen LogP contribution in [0.4, 0.5) is 5.69 Å². The van der Waals surface area contributed by atoms with Crippen molar-refractivity contribution in [3.8, 4) is 5.75 Å². The third-order valence-electron chi connectivity index (χ3n) is 4.83. The highest BCUT2D eigenvalue weighted by atomic mass is 32.2. The molecule has 0 unspecified atom stereocenters. The summed E-state index contributed by atoms with van der Waals surface area (Å²) >= 11 is 0. The number of ether oxygens (including phenoxy) is 1. The Hall–Kier alpha value is -2.38. The second-order valence-electron chi connectivity index (χ2n) is 6.67. The molecule has 0 bridgehead atoms. The molecule has 3 rings (SSSR count). The van der Waals surface area contributed by atoms with Crippen molar-refractivity contribution in [2.75, 3.05) is 25.6 Å². The molecule has 0 spiro atoms. The minimum atomic E-state index is -3.66. The van der Waals surface area contributed by atoms with E-state index >= 15 is 0 Å². The molecule has 1 saturated heterocycles. The van der Waals surface area contributed by atoms with Crippen LogP contribution in [0.25, 0.3) is 0 Å². The summed E-state index contributed by atoms with van der Waals surface area (Å²) in [6.45, 7) is 2.72. The molecule has 1 aliphatic rings. The van der Waals surface area contributed by atoms with Crippen molar-refractivity contribution >= 4 is 21.6 Å². The highest BCUT2D eigenvalue weighted by molar-refractivity contribution is 7.89. The smallest absolute Gasteiger partial charge is 0.243 e. The third kappa shape index (κ3) is 3.84. The lowest BCUT2D eigenvalue weighted by Gasteiger charge is -2.21. The lowest BCUT2D eigenvalue weighted by molar-refractivity contribution is -0.117. The van der Waals surface area contributed by atoms with Gasteiger partial charge in [-0.25, -0.2) is 8.42 Å². The summed E-state index contributed by atoms with van der Waals surface area (Å²) in [6, 6.07) is 12.3. The Labute approximate surface area is 160 Å². The summed E-state index contributed by atoms with van der Waals surface area (Å²) in [5, 5.41) is 0. The number of aryl methyl sites for hydroxylation is 1. The minimum Gasteiger partial charge on any atom is -0.496 e. The van der Waals surface area contributed by atoms with Crippen LogP contribution in [0.15, 0.2) is 47.4 Å². The maximum absolute atomic E-state index is 13.0. The summed E-state index contributed by atoms with van der Waals surface area (Å²) in [5.74, 6) is 0.737. The number of carbonyl (C=O) groups excluding carboxylic acids is 1. The average Bonchev–Trinajstić information content (AvgIpc) is 3.07. The fourth-order valence-corrected chi connectivity index (χ4v) is 4.57. The average molecular weight is 388 g/mol. The summed E-state index contributed by atoms with van der Waals surface area (Å²) in [5.41, 5.74) is 2.35. The fourth-order valence-electron chi connectivity index (χ4n) is 3.33. The molecular weight excluding hydrogens is 364 g/mol. The number of anilines is 1. The highest BCUT2D eigenvalue weighted by Gasteiger charge is 2.26. The summed E-state index contributed by atoms with van der Waals surface area (Å²) < 4.78 is 32.6. The van der Waals surface area contributed by atoms with Gasteiger partial charge in [0.1, 0.15) is 5.75 Å². The first-order chi connectivity index (χ1) is 12.8. The van der Waals surface area contributed by atoms with Gasteiger partial charge in [-0.3, -0.25) is 4.79 Å². The van der Waals surface area contributed by atoms with Crippen molar-refractivity contribution in [2.45, 2.75) is 31.2 Å². The third-order valence-corrected chi connectivity index (χ3v) is 6.63. The molecule has 2 aromatic carbocycles. The van der Waals surface area contributed by atoms with E-state index in [0.29, 0.717) is 18.7 Å². The Morgan fingerprint density at radius 3 is 2.56 bits per heavy atom. The van der Waals surface area contributed by atoms with Gasteiger partial charge in [-0.05, 0) is 43.2 Å². The van der Waals surface area contributed by atoms with Crippen LogP contribution < -0.4 is 9.64 Å². The monoisotopic (exact) mass is 388 g/mol. The molecule has 0 N–H and O–H groups in total. The number of methoxy groups -OCH3 is 1. The molecule has 6 nitrogen and oxygen atoms in total. The first kappa shape index (κ1) is 19.4.